The number of carbonyl (C=O) groups is 1. The zero-order valence-electron chi connectivity index (χ0n) is 13.3. The van der Waals surface area contributed by atoms with Crippen LogP contribution in [-0.4, -0.2) is 5.91 Å². The first kappa shape index (κ1) is 14.6. The Bertz CT molecular complexity index is 493. The molecule has 3 rings (SSSR count). The molecule has 1 aromatic rings. The topological polar surface area (TPSA) is 29.1 Å². The lowest BCUT2D eigenvalue weighted by atomic mass is 9.86. The summed E-state index contributed by atoms with van der Waals surface area (Å²) in [5.41, 5.74) is 2.49. The third-order valence-corrected chi connectivity index (χ3v) is 5.56. The summed E-state index contributed by atoms with van der Waals surface area (Å²) in [6, 6.07) is 8.69. The van der Waals surface area contributed by atoms with Gasteiger partial charge in [0.05, 0.1) is 6.04 Å². The number of amides is 1. The molecule has 114 valence electrons. The van der Waals surface area contributed by atoms with Crippen LogP contribution < -0.4 is 5.32 Å². The van der Waals surface area contributed by atoms with Gasteiger partial charge in [0.25, 0.3) is 0 Å². The summed E-state index contributed by atoms with van der Waals surface area (Å²) in [7, 11) is 0. The van der Waals surface area contributed by atoms with Crippen molar-refractivity contribution in [2.45, 2.75) is 58.4 Å². The SMILES string of the molecule is CC[C@@H](NC(=O)C[C@@H]1C[C@H]2CC[C@H]1C2)c1ccc(C)cc1. The van der Waals surface area contributed by atoms with Crippen LogP contribution in [0.3, 0.4) is 0 Å². The lowest BCUT2D eigenvalue weighted by molar-refractivity contribution is -0.123. The van der Waals surface area contributed by atoms with Crippen molar-refractivity contribution in [2.75, 3.05) is 0 Å². The molecule has 2 aliphatic carbocycles. The predicted molar refractivity (Wildman–Crippen MR) is 85.9 cm³/mol. The molecule has 0 saturated heterocycles. The van der Waals surface area contributed by atoms with E-state index in [2.05, 4.69) is 43.4 Å². The minimum absolute atomic E-state index is 0.164. The summed E-state index contributed by atoms with van der Waals surface area (Å²) in [6.07, 6.45) is 7.13. The molecule has 2 nitrogen and oxygen atoms in total. The van der Waals surface area contributed by atoms with Crippen LogP contribution in [0.1, 0.15) is 62.6 Å². The number of nitrogens with one attached hydrogen (secondary N) is 1. The van der Waals surface area contributed by atoms with Gasteiger partial charge in [-0.2, -0.15) is 0 Å². The van der Waals surface area contributed by atoms with Crippen LogP contribution in [0.4, 0.5) is 0 Å². The summed E-state index contributed by atoms with van der Waals surface area (Å²) in [6.45, 7) is 4.24. The number of fused-ring (bicyclic) bond motifs is 2. The number of carbonyl (C=O) groups excluding carboxylic acids is 1. The lowest BCUT2D eigenvalue weighted by Gasteiger charge is -2.23. The Morgan fingerprint density at radius 1 is 1.24 bits per heavy atom. The molecule has 2 aliphatic rings. The zero-order valence-corrected chi connectivity index (χ0v) is 13.3. The highest BCUT2D eigenvalue weighted by Crippen LogP contribution is 2.49. The minimum atomic E-state index is 0.164. The van der Waals surface area contributed by atoms with Crippen LogP contribution in [0.2, 0.25) is 0 Å². The molecule has 21 heavy (non-hydrogen) atoms. The van der Waals surface area contributed by atoms with Crippen LogP contribution >= 0.6 is 0 Å². The van der Waals surface area contributed by atoms with Gasteiger partial charge in [0, 0.05) is 6.42 Å². The summed E-state index contributed by atoms with van der Waals surface area (Å²) in [5, 5.41) is 3.25. The standard InChI is InChI=1S/C19H27NO/c1-3-18(15-7-4-13(2)5-8-15)20-19(21)12-17-11-14-6-9-16(17)10-14/h4-5,7-8,14,16-18H,3,6,9-12H2,1-2H3,(H,20,21)/t14-,16-,17-,18+/m0/s1. The molecule has 0 heterocycles. The van der Waals surface area contributed by atoms with Gasteiger partial charge in [-0.3, -0.25) is 4.79 Å². The Hall–Kier alpha value is -1.31. The highest BCUT2D eigenvalue weighted by Gasteiger charge is 2.40. The molecule has 2 saturated carbocycles. The normalized spacial score (nSPS) is 28.6. The fraction of sp³-hybridized carbons (Fsp3) is 0.632. The molecule has 0 unspecified atom stereocenters. The summed E-state index contributed by atoms with van der Waals surface area (Å²) in [5.74, 6) is 2.66. The Labute approximate surface area is 128 Å². The molecule has 4 atom stereocenters. The molecule has 2 heteroatoms. The Morgan fingerprint density at radius 2 is 2.00 bits per heavy atom. The molecule has 1 N–H and O–H groups in total. The van der Waals surface area contributed by atoms with Crippen molar-refractivity contribution in [3.05, 3.63) is 35.4 Å². The van der Waals surface area contributed by atoms with Crippen molar-refractivity contribution in [1.29, 1.82) is 0 Å². The summed E-state index contributed by atoms with van der Waals surface area (Å²) in [4.78, 5) is 12.4. The van der Waals surface area contributed by atoms with E-state index < -0.39 is 0 Å². The number of aryl methyl sites for hydroxylation is 1. The van der Waals surface area contributed by atoms with E-state index in [1.807, 2.05) is 0 Å². The molecule has 1 amide bonds. The molecular weight excluding hydrogens is 258 g/mol. The van der Waals surface area contributed by atoms with Crippen LogP contribution in [0, 0.1) is 24.7 Å². The first-order valence-corrected chi connectivity index (χ1v) is 8.51. The highest BCUT2D eigenvalue weighted by molar-refractivity contribution is 5.76. The molecule has 2 bridgehead atoms. The third kappa shape index (κ3) is 3.30. The van der Waals surface area contributed by atoms with Gasteiger partial charge in [-0.1, -0.05) is 43.2 Å². The van der Waals surface area contributed by atoms with E-state index in [0.717, 1.165) is 24.7 Å². The second-order valence-corrected chi connectivity index (χ2v) is 7.08. The Kier molecular flexibility index (Phi) is 4.32. The first-order chi connectivity index (χ1) is 10.2. The van der Waals surface area contributed by atoms with Gasteiger partial charge in [0.2, 0.25) is 5.91 Å². The monoisotopic (exact) mass is 285 g/mol. The van der Waals surface area contributed by atoms with Crippen molar-refractivity contribution in [3.63, 3.8) is 0 Å². The van der Waals surface area contributed by atoms with E-state index in [0.29, 0.717) is 5.92 Å². The van der Waals surface area contributed by atoms with Crippen molar-refractivity contribution in [3.8, 4) is 0 Å². The Morgan fingerprint density at radius 3 is 2.57 bits per heavy atom. The quantitative estimate of drug-likeness (QED) is 0.854. The molecule has 1 aromatic carbocycles. The van der Waals surface area contributed by atoms with Crippen molar-refractivity contribution in [1.82, 2.24) is 5.32 Å². The molecule has 0 spiro atoms. The second-order valence-electron chi connectivity index (χ2n) is 7.08. The molecule has 0 aromatic heterocycles. The highest BCUT2D eigenvalue weighted by atomic mass is 16.1. The van der Waals surface area contributed by atoms with Gasteiger partial charge >= 0.3 is 0 Å². The van der Waals surface area contributed by atoms with Crippen LogP contribution in [-0.2, 0) is 4.79 Å². The van der Waals surface area contributed by atoms with E-state index in [1.165, 1.54) is 36.8 Å². The summed E-state index contributed by atoms with van der Waals surface area (Å²) >= 11 is 0. The van der Waals surface area contributed by atoms with E-state index in [9.17, 15) is 4.79 Å². The smallest absolute Gasteiger partial charge is 0.220 e. The predicted octanol–water partition coefficient (Wildman–Crippen LogP) is 4.39. The maximum atomic E-state index is 12.4. The fourth-order valence-electron chi connectivity index (χ4n) is 4.34. The zero-order chi connectivity index (χ0) is 14.8. The lowest BCUT2D eigenvalue weighted by Crippen LogP contribution is -2.30. The van der Waals surface area contributed by atoms with Crippen molar-refractivity contribution < 1.29 is 4.79 Å². The van der Waals surface area contributed by atoms with E-state index in [1.54, 1.807) is 0 Å². The van der Waals surface area contributed by atoms with Crippen molar-refractivity contribution >= 4 is 5.91 Å². The molecule has 0 aliphatic heterocycles. The molecule has 0 radical (unpaired) electrons. The number of benzene rings is 1. The van der Waals surface area contributed by atoms with E-state index in [-0.39, 0.29) is 11.9 Å². The minimum Gasteiger partial charge on any atom is -0.349 e. The van der Waals surface area contributed by atoms with Crippen LogP contribution in [0.15, 0.2) is 24.3 Å². The number of hydrogen-bond donors (Lipinski definition) is 1. The van der Waals surface area contributed by atoms with Gasteiger partial charge in [0.15, 0.2) is 0 Å². The van der Waals surface area contributed by atoms with Gasteiger partial charge in [-0.25, -0.2) is 0 Å². The molecular formula is C19H27NO. The number of rotatable bonds is 5. The van der Waals surface area contributed by atoms with Gasteiger partial charge in [-0.05, 0) is 55.9 Å². The van der Waals surface area contributed by atoms with E-state index >= 15 is 0 Å². The van der Waals surface area contributed by atoms with Gasteiger partial charge in [0.1, 0.15) is 0 Å². The third-order valence-electron chi connectivity index (χ3n) is 5.56. The fourth-order valence-corrected chi connectivity index (χ4v) is 4.34. The maximum absolute atomic E-state index is 12.4. The van der Waals surface area contributed by atoms with E-state index in [4.69, 9.17) is 0 Å². The van der Waals surface area contributed by atoms with Crippen LogP contribution in [0.25, 0.3) is 0 Å². The second kappa shape index (κ2) is 6.21. The first-order valence-electron chi connectivity index (χ1n) is 8.51. The number of hydrogen-bond acceptors (Lipinski definition) is 1. The average Bonchev–Trinajstić information content (AvgIpc) is 3.08. The summed E-state index contributed by atoms with van der Waals surface area (Å²) < 4.78 is 0. The average molecular weight is 285 g/mol. The Balaban J connectivity index is 1.56. The van der Waals surface area contributed by atoms with Gasteiger partial charge in [-0.15, -0.1) is 0 Å². The largest absolute Gasteiger partial charge is 0.349 e. The maximum Gasteiger partial charge on any atom is 0.220 e. The molecule has 2 fully saturated rings. The van der Waals surface area contributed by atoms with Gasteiger partial charge < -0.3 is 5.32 Å². The van der Waals surface area contributed by atoms with Crippen LogP contribution in [0.5, 0.6) is 0 Å². The van der Waals surface area contributed by atoms with Crippen molar-refractivity contribution in [2.24, 2.45) is 17.8 Å².